The minimum atomic E-state index is -1.36. The lowest BCUT2D eigenvalue weighted by Gasteiger charge is -2.20. The third kappa shape index (κ3) is 6.87. The van der Waals surface area contributed by atoms with E-state index in [0.717, 1.165) is 0 Å². The number of rotatable bonds is 10. The van der Waals surface area contributed by atoms with Crippen LogP contribution in [0.15, 0.2) is 47.0 Å². The second-order valence-corrected chi connectivity index (χ2v) is 9.55. The molecule has 1 fully saturated rings. The number of hydrogen-bond donors (Lipinski definition) is 3. The van der Waals surface area contributed by atoms with Gasteiger partial charge in [-0.2, -0.15) is 0 Å². The Labute approximate surface area is 233 Å². The van der Waals surface area contributed by atoms with Crippen LogP contribution in [0.4, 0.5) is 5.88 Å². The highest BCUT2D eigenvalue weighted by Crippen LogP contribution is 2.26. The largest absolute Gasteiger partial charge is 0.489 e. The van der Waals surface area contributed by atoms with E-state index in [1.807, 2.05) is 0 Å². The number of carbonyl (C=O) groups is 3. The van der Waals surface area contributed by atoms with Crippen molar-refractivity contribution in [1.29, 1.82) is 0 Å². The second-order valence-electron chi connectivity index (χ2n) is 8.74. The van der Waals surface area contributed by atoms with Crippen molar-refractivity contribution in [1.82, 2.24) is 10.5 Å². The molecule has 13 heteroatoms. The fraction of sp³-hybridized carbons (Fsp3) is 0.308. The molecule has 2 amide bonds. The number of aryl methyl sites for hydroxylation is 1. The number of benzene rings is 2. The SMILES string of the molecule is Cc1noc(NC(=O)[C@@H]2OCO[C@H]2C(=O)N[C@@H](Cc2ccc(OCc3c(Cl)cccc3Cl)cc2)C(=O)O)c1C. The Kier molecular flexibility index (Phi) is 9.08. The number of nitrogens with one attached hydrogen (secondary N) is 2. The van der Waals surface area contributed by atoms with E-state index in [4.69, 9.17) is 41.9 Å². The topological polar surface area (TPSA) is 149 Å². The van der Waals surface area contributed by atoms with Crippen molar-refractivity contribution in [2.24, 2.45) is 0 Å². The number of carbonyl (C=O) groups excluding carboxylic acids is 2. The number of aromatic nitrogens is 1. The number of nitrogens with zero attached hydrogens (tertiary/aromatic N) is 1. The van der Waals surface area contributed by atoms with Crippen LogP contribution in [-0.4, -0.2) is 53.1 Å². The van der Waals surface area contributed by atoms with Gasteiger partial charge in [0.2, 0.25) is 5.88 Å². The van der Waals surface area contributed by atoms with Crippen molar-refractivity contribution >= 4 is 46.9 Å². The normalized spacial score (nSPS) is 17.4. The quantitative estimate of drug-likeness (QED) is 0.328. The summed E-state index contributed by atoms with van der Waals surface area (Å²) in [6.07, 6.45) is -2.70. The van der Waals surface area contributed by atoms with Gasteiger partial charge in [-0.05, 0) is 43.7 Å². The van der Waals surface area contributed by atoms with Gasteiger partial charge in [0.15, 0.2) is 12.2 Å². The zero-order valence-corrected chi connectivity index (χ0v) is 22.4. The molecule has 3 atom stereocenters. The zero-order valence-electron chi connectivity index (χ0n) is 20.9. The van der Waals surface area contributed by atoms with E-state index in [-0.39, 0.29) is 25.7 Å². The maximum Gasteiger partial charge on any atom is 0.326 e. The first kappa shape index (κ1) is 28.4. The average molecular weight is 578 g/mol. The highest BCUT2D eigenvalue weighted by molar-refractivity contribution is 6.35. The summed E-state index contributed by atoms with van der Waals surface area (Å²) in [7, 11) is 0. The first-order chi connectivity index (χ1) is 18.6. The number of ether oxygens (including phenoxy) is 3. The summed E-state index contributed by atoms with van der Waals surface area (Å²) in [5.41, 5.74) is 2.49. The molecule has 0 bridgehead atoms. The monoisotopic (exact) mass is 577 g/mol. The van der Waals surface area contributed by atoms with Gasteiger partial charge in [0.25, 0.3) is 11.8 Å². The molecule has 3 N–H and O–H groups in total. The number of carboxylic acid groups (broad SMARTS) is 1. The summed E-state index contributed by atoms with van der Waals surface area (Å²) >= 11 is 12.3. The summed E-state index contributed by atoms with van der Waals surface area (Å²) in [4.78, 5) is 37.5. The fourth-order valence-corrected chi connectivity index (χ4v) is 4.25. The van der Waals surface area contributed by atoms with E-state index in [1.54, 1.807) is 56.3 Å². The first-order valence-electron chi connectivity index (χ1n) is 11.8. The minimum Gasteiger partial charge on any atom is -0.489 e. The van der Waals surface area contributed by atoms with E-state index < -0.39 is 36.0 Å². The van der Waals surface area contributed by atoms with Crippen molar-refractivity contribution in [3.63, 3.8) is 0 Å². The number of halogens is 2. The number of aliphatic carboxylic acids is 1. The molecule has 39 heavy (non-hydrogen) atoms. The van der Waals surface area contributed by atoms with Crippen LogP contribution < -0.4 is 15.4 Å². The molecule has 0 radical (unpaired) electrons. The Balaban J connectivity index is 1.35. The lowest BCUT2D eigenvalue weighted by Crippen LogP contribution is -2.51. The summed E-state index contributed by atoms with van der Waals surface area (Å²) in [6, 6.07) is 10.6. The Morgan fingerprint density at radius 1 is 1.05 bits per heavy atom. The van der Waals surface area contributed by atoms with Crippen molar-refractivity contribution in [2.45, 2.75) is 45.1 Å². The third-order valence-corrected chi connectivity index (χ3v) is 6.81. The molecule has 206 valence electrons. The van der Waals surface area contributed by atoms with Gasteiger partial charge >= 0.3 is 5.97 Å². The van der Waals surface area contributed by atoms with Crippen LogP contribution in [-0.2, 0) is 36.9 Å². The van der Waals surface area contributed by atoms with Gasteiger partial charge in [-0.3, -0.25) is 14.9 Å². The van der Waals surface area contributed by atoms with E-state index in [9.17, 15) is 19.5 Å². The molecular weight excluding hydrogens is 553 g/mol. The number of carboxylic acids is 1. The molecule has 1 aliphatic rings. The van der Waals surface area contributed by atoms with Crippen LogP contribution >= 0.6 is 23.2 Å². The maximum atomic E-state index is 12.9. The van der Waals surface area contributed by atoms with Crippen molar-refractivity contribution in [3.05, 3.63) is 74.9 Å². The van der Waals surface area contributed by atoms with Gasteiger partial charge in [-0.25, -0.2) is 4.79 Å². The number of hydrogen-bond acceptors (Lipinski definition) is 8. The Hall–Kier alpha value is -3.64. The highest BCUT2D eigenvalue weighted by atomic mass is 35.5. The molecule has 2 heterocycles. The molecule has 1 aliphatic heterocycles. The zero-order chi connectivity index (χ0) is 28.1. The molecule has 1 saturated heterocycles. The summed E-state index contributed by atoms with van der Waals surface area (Å²) in [6.45, 7) is 3.26. The fourth-order valence-electron chi connectivity index (χ4n) is 3.74. The highest BCUT2D eigenvalue weighted by Gasteiger charge is 2.42. The molecule has 2 aromatic carbocycles. The molecule has 11 nitrogen and oxygen atoms in total. The van der Waals surface area contributed by atoms with E-state index in [1.165, 1.54) is 0 Å². The van der Waals surface area contributed by atoms with Gasteiger partial charge < -0.3 is 29.2 Å². The minimum absolute atomic E-state index is 0.0291. The standard InChI is InChI=1S/C26H25Cl2N3O8/c1-13-14(2)31-39-25(13)30-24(33)22-21(37-12-38-22)23(32)29-20(26(34)35)10-15-6-8-16(9-7-15)36-11-17-18(27)4-3-5-19(17)28/h3-9,20-22H,10-12H2,1-2H3,(H,29,32)(H,30,33)(H,34,35)/t20-,21+,22+/m0/s1. The Morgan fingerprint density at radius 2 is 1.69 bits per heavy atom. The van der Waals surface area contributed by atoms with Gasteiger partial charge in [0.1, 0.15) is 25.2 Å². The van der Waals surface area contributed by atoms with Crippen LogP contribution in [0.1, 0.15) is 22.4 Å². The number of amides is 2. The van der Waals surface area contributed by atoms with Crippen molar-refractivity contribution in [3.8, 4) is 5.75 Å². The third-order valence-electron chi connectivity index (χ3n) is 6.10. The summed E-state index contributed by atoms with van der Waals surface area (Å²) in [5.74, 6) is -2.11. The van der Waals surface area contributed by atoms with Crippen LogP contribution in [0, 0.1) is 13.8 Å². The van der Waals surface area contributed by atoms with E-state index in [0.29, 0.717) is 38.2 Å². The number of anilines is 1. The van der Waals surface area contributed by atoms with E-state index in [2.05, 4.69) is 15.8 Å². The van der Waals surface area contributed by atoms with E-state index >= 15 is 0 Å². The van der Waals surface area contributed by atoms with Gasteiger partial charge in [-0.1, -0.05) is 46.6 Å². The summed E-state index contributed by atoms with van der Waals surface area (Å²) in [5, 5.41) is 19.4. The predicted octanol–water partition coefficient (Wildman–Crippen LogP) is 3.67. The molecule has 4 rings (SSSR count). The first-order valence-corrected chi connectivity index (χ1v) is 12.5. The van der Waals surface area contributed by atoms with Gasteiger partial charge in [0.05, 0.1) is 5.69 Å². The average Bonchev–Trinajstić information content (AvgIpc) is 3.52. The molecule has 0 unspecified atom stereocenters. The molecule has 3 aromatic rings. The van der Waals surface area contributed by atoms with Crippen molar-refractivity contribution in [2.75, 3.05) is 12.1 Å². The smallest absolute Gasteiger partial charge is 0.326 e. The second kappa shape index (κ2) is 12.5. The predicted molar refractivity (Wildman–Crippen MR) is 140 cm³/mol. The van der Waals surface area contributed by atoms with Gasteiger partial charge in [-0.15, -0.1) is 0 Å². The lowest BCUT2D eigenvalue weighted by atomic mass is 10.0. The molecule has 0 aliphatic carbocycles. The lowest BCUT2D eigenvalue weighted by molar-refractivity contribution is -0.144. The molecular formula is C26H25Cl2N3O8. The Morgan fingerprint density at radius 3 is 2.28 bits per heavy atom. The van der Waals surface area contributed by atoms with Crippen molar-refractivity contribution < 1.29 is 38.2 Å². The van der Waals surface area contributed by atoms with Gasteiger partial charge in [0, 0.05) is 27.6 Å². The van der Waals surface area contributed by atoms with Crippen LogP contribution in [0.5, 0.6) is 5.75 Å². The van der Waals surface area contributed by atoms with Crippen LogP contribution in [0.2, 0.25) is 10.0 Å². The summed E-state index contributed by atoms with van der Waals surface area (Å²) < 4.78 is 21.4. The maximum absolute atomic E-state index is 12.9. The van der Waals surface area contributed by atoms with Crippen LogP contribution in [0.3, 0.4) is 0 Å². The molecule has 1 aromatic heterocycles. The molecule has 0 saturated carbocycles. The molecule has 0 spiro atoms. The Bertz CT molecular complexity index is 1340. The van der Waals surface area contributed by atoms with Crippen LogP contribution in [0.25, 0.3) is 0 Å².